The van der Waals surface area contributed by atoms with Crippen molar-refractivity contribution in [2.24, 2.45) is 0 Å². The van der Waals surface area contributed by atoms with E-state index in [1.807, 2.05) is 19.9 Å². The molecule has 0 radical (unpaired) electrons. The van der Waals surface area contributed by atoms with Crippen molar-refractivity contribution in [1.82, 2.24) is 20.4 Å². The predicted molar refractivity (Wildman–Crippen MR) is 71.6 cm³/mol. The Bertz CT molecular complexity index is 582. The van der Waals surface area contributed by atoms with Crippen LogP contribution in [0.25, 0.3) is 0 Å². The number of H-pyrrole nitrogens is 1. The van der Waals surface area contributed by atoms with Crippen LogP contribution in [0.15, 0.2) is 12.3 Å². The Hall–Kier alpha value is -2.42. The molecular formula is C13H16N6. The van der Waals surface area contributed by atoms with Crippen LogP contribution >= 0.6 is 0 Å². The molecule has 6 nitrogen and oxygen atoms in total. The molecule has 19 heavy (non-hydrogen) atoms. The lowest BCUT2D eigenvalue weighted by atomic mass is 10.1. The van der Waals surface area contributed by atoms with Gasteiger partial charge in [-0.05, 0) is 38.3 Å². The second-order valence-electron chi connectivity index (χ2n) is 4.36. The number of aryl methyl sites for hydroxylation is 2. The third-order valence-electron chi connectivity index (χ3n) is 3.04. The van der Waals surface area contributed by atoms with Crippen LogP contribution < -0.4 is 5.32 Å². The zero-order chi connectivity index (χ0) is 13.7. The van der Waals surface area contributed by atoms with Gasteiger partial charge in [0.1, 0.15) is 11.6 Å². The molecule has 0 aliphatic heterocycles. The molecule has 2 aromatic heterocycles. The van der Waals surface area contributed by atoms with Gasteiger partial charge in [-0.2, -0.15) is 15.5 Å². The molecule has 0 saturated heterocycles. The number of hydrogen-bond acceptors (Lipinski definition) is 5. The summed E-state index contributed by atoms with van der Waals surface area (Å²) >= 11 is 0. The highest BCUT2D eigenvalue weighted by atomic mass is 15.2. The van der Waals surface area contributed by atoms with Gasteiger partial charge in [0, 0.05) is 18.4 Å². The SMILES string of the molecule is Cc1nnc(NCCCc2ccn[nH]2)c(C#N)c1C. The molecule has 98 valence electrons. The summed E-state index contributed by atoms with van der Waals surface area (Å²) in [6.45, 7) is 4.48. The smallest absolute Gasteiger partial charge is 0.166 e. The molecule has 0 saturated carbocycles. The van der Waals surface area contributed by atoms with E-state index in [1.54, 1.807) is 6.20 Å². The molecule has 6 heteroatoms. The van der Waals surface area contributed by atoms with Gasteiger partial charge in [-0.15, -0.1) is 5.10 Å². The Morgan fingerprint density at radius 2 is 2.21 bits per heavy atom. The minimum Gasteiger partial charge on any atom is -0.367 e. The van der Waals surface area contributed by atoms with Gasteiger partial charge in [0.05, 0.1) is 5.69 Å². The monoisotopic (exact) mass is 256 g/mol. The highest BCUT2D eigenvalue weighted by Crippen LogP contribution is 2.16. The van der Waals surface area contributed by atoms with Gasteiger partial charge in [-0.3, -0.25) is 5.10 Å². The summed E-state index contributed by atoms with van der Waals surface area (Å²) in [5.74, 6) is 0.565. The van der Waals surface area contributed by atoms with E-state index < -0.39 is 0 Å². The maximum atomic E-state index is 9.16. The van der Waals surface area contributed by atoms with Crippen LogP contribution in [0, 0.1) is 25.2 Å². The van der Waals surface area contributed by atoms with Crippen LogP contribution in [0.3, 0.4) is 0 Å². The summed E-state index contributed by atoms with van der Waals surface area (Å²) in [7, 11) is 0. The lowest BCUT2D eigenvalue weighted by Gasteiger charge is -2.09. The molecule has 0 bridgehead atoms. The average Bonchev–Trinajstić information content (AvgIpc) is 2.92. The number of nitrogens with one attached hydrogen (secondary N) is 2. The van der Waals surface area contributed by atoms with Crippen LogP contribution in [0.2, 0.25) is 0 Å². The quantitative estimate of drug-likeness (QED) is 0.795. The lowest BCUT2D eigenvalue weighted by Crippen LogP contribution is -2.09. The molecule has 0 unspecified atom stereocenters. The van der Waals surface area contributed by atoms with Crippen molar-refractivity contribution in [2.45, 2.75) is 26.7 Å². The summed E-state index contributed by atoms with van der Waals surface area (Å²) in [6, 6.07) is 4.13. The van der Waals surface area contributed by atoms with Crippen LogP contribution in [0.4, 0.5) is 5.82 Å². The van der Waals surface area contributed by atoms with E-state index >= 15 is 0 Å². The first-order chi connectivity index (χ1) is 9.22. The fourth-order valence-corrected chi connectivity index (χ4v) is 1.78. The molecule has 0 amide bonds. The van der Waals surface area contributed by atoms with Gasteiger partial charge in [-0.25, -0.2) is 0 Å². The summed E-state index contributed by atoms with van der Waals surface area (Å²) in [5.41, 5.74) is 3.36. The van der Waals surface area contributed by atoms with Gasteiger partial charge in [-0.1, -0.05) is 0 Å². The minimum atomic E-state index is 0.565. The number of hydrogen-bond donors (Lipinski definition) is 2. The lowest BCUT2D eigenvalue weighted by molar-refractivity contribution is 0.818. The maximum Gasteiger partial charge on any atom is 0.166 e. The average molecular weight is 256 g/mol. The van der Waals surface area contributed by atoms with Crippen LogP contribution in [-0.2, 0) is 6.42 Å². The number of aromatic amines is 1. The van der Waals surface area contributed by atoms with Gasteiger partial charge >= 0.3 is 0 Å². The highest BCUT2D eigenvalue weighted by Gasteiger charge is 2.09. The Morgan fingerprint density at radius 1 is 1.37 bits per heavy atom. The highest BCUT2D eigenvalue weighted by molar-refractivity contribution is 5.55. The molecule has 2 N–H and O–H groups in total. The molecule has 0 spiro atoms. The second kappa shape index (κ2) is 5.96. The van der Waals surface area contributed by atoms with Crippen molar-refractivity contribution >= 4 is 5.82 Å². The van der Waals surface area contributed by atoms with E-state index in [2.05, 4.69) is 31.8 Å². The number of nitriles is 1. The number of nitrogens with zero attached hydrogens (tertiary/aromatic N) is 4. The molecule has 0 aromatic carbocycles. The topological polar surface area (TPSA) is 90.3 Å². The first kappa shape index (κ1) is 13.0. The predicted octanol–water partition coefficient (Wildman–Crippen LogP) is 1.73. The van der Waals surface area contributed by atoms with Crippen LogP contribution in [0.5, 0.6) is 0 Å². The molecule has 0 aliphatic rings. The van der Waals surface area contributed by atoms with E-state index in [-0.39, 0.29) is 0 Å². The fourth-order valence-electron chi connectivity index (χ4n) is 1.78. The van der Waals surface area contributed by atoms with E-state index in [4.69, 9.17) is 5.26 Å². The summed E-state index contributed by atoms with van der Waals surface area (Å²) in [6.07, 6.45) is 3.58. The normalized spacial score (nSPS) is 10.2. The first-order valence-electron chi connectivity index (χ1n) is 6.18. The first-order valence-corrected chi connectivity index (χ1v) is 6.18. The van der Waals surface area contributed by atoms with Crippen molar-refractivity contribution < 1.29 is 0 Å². The van der Waals surface area contributed by atoms with E-state index in [0.717, 1.165) is 36.3 Å². The van der Waals surface area contributed by atoms with Crippen molar-refractivity contribution in [1.29, 1.82) is 5.26 Å². The summed E-state index contributed by atoms with van der Waals surface area (Å²) in [5, 5.41) is 27.2. The van der Waals surface area contributed by atoms with E-state index in [0.29, 0.717) is 11.4 Å². The minimum absolute atomic E-state index is 0.565. The molecule has 2 aromatic rings. The molecular weight excluding hydrogens is 240 g/mol. The molecule has 0 aliphatic carbocycles. The Labute approximate surface area is 111 Å². The number of anilines is 1. The molecule has 2 rings (SSSR count). The zero-order valence-corrected chi connectivity index (χ0v) is 11.1. The molecule has 0 fully saturated rings. The van der Waals surface area contributed by atoms with E-state index in [1.165, 1.54) is 0 Å². The maximum absolute atomic E-state index is 9.16. The van der Waals surface area contributed by atoms with Gasteiger partial charge < -0.3 is 5.32 Å². The second-order valence-corrected chi connectivity index (χ2v) is 4.36. The van der Waals surface area contributed by atoms with Gasteiger partial charge in [0.2, 0.25) is 0 Å². The van der Waals surface area contributed by atoms with Crippen molar-refractivity contribution in [2.75, 3.05) is 11.9 Å². The number of aromatic nitrogens is 4. The zero-order valence-electron chi connectivity index (χ0n) is 11.1. The van der Waals surface area contributed by atoms with Gasteiger partial charge in [0.15, 0.2) is 5.82 Å². The van der Waals surface area contributed by atoms with E-state index in [9.17, 15) is 0 Å². The summed E-state index contributed by atoms with van der Waals surface area (Å²) < 4.78 is 0. The third kappa shape index (κ3) is 3.07. The standard InChI is InChI=1S/C13H16N6/c1-9-10(2)17-19-13(12(9)8-14)15-6-3-4-11-5-7-16-18-11/h5,7H,3-4,6H2,1-2H3,(H,15,19)(H,16,18). The number of rotatable bonds is 5. The Kier molecular flexibility index (Phi) is 4.08. The molecule has 0 atom stereocenters. The van der Waals surface area contributed by atoms with Crippen LogP contribution in [0.1, 0.15) is 28.9 Å². The van der Waals surface area contributed by atoms with Crippen LogP contribution in [-0.4, -0.2) is 26.9 Å². The summed E-state index contributed by atoms with van der Waals surface area (Å²) in [4.78, 5) is 0. The van der Waals surface area contributed by atoms with Crippen molar-refractivity contribution in [3.05, 3.63) is 34.8 Å². The Morgan fingerprint density at radius 3 is 2.89 bits per heavy atom. The Balaban J connectivity index is 1.93. The van der Waals surface area contributed by atoms with Crippen molar-refractivity contribution in [3.8, 4) is 6.07 Å². The third-order valence-corrected chi connectivity index (χ3v) is 3.04. The fraction of sp³-hybridized carbons (Fsp3) is 0.385. The van der Waals surface area contributed by atoms with Crippen molar-refractivity contribution in [3.63, 3.8) is 0 Å². The van der Waals surface area contributed by atoms with Gasteiger partial charge in [0.25, 0.3) is 0 Å². The molecule has 2 heterocycles. The largest absolute Gasteiger partial charge is 0.367 e.